The fraction of sp³-hybridized carbons (Fsp3) is 0.538. The summed E-state index contributed by atoms with van der Waals surface area (Å²) in [4.78, 5) is 1.76. The molecule has 0 fully saturated rings. The van der Waals surface area contributed by atoms with Crippen LogP contribution in [-0.4, -0.2) is 39.1 Å². The van der Waals surface area contributed by atoms with Gasteiger partial charge in [0.05, 0.1) is 23.8 Å². The molecular formula is C13H19NO4S2. The summed E-state index contributed by atoms with van der Waals surface area (Å²) in [5.41, 5.74) is 0. The number of sulfonamides is 1. The lowest BCUT2D eigenvalue weighted by Gasteiger charge is -2.05. The molecule has 2 N–H and O–H groups in total. The van der Waals surface area contributed by atoms with E-state index >= 15 is 0 Å². The van der Waals surface area contributed by atoms with Crippen molar-refractivity contribution in [3.05, 3.63) is 21.9 Å². The summed E-state index contributed by atoms with van der Waals surface area (Å²) in [5.74, 6) is 5.71. The lowest BCUT2D eigenvalue weighted by atomic mass is 10.4. The zero-order chi connectivity index (χ0) is 14.8. The zero-order valence-corrected chi connectivity index (χ0v) is 13.0. The summed E-state index contributed by atoms with van der Waals surface area (Å²) in [6, 6.07) is 3.69. The Kier molecular flexibility index (Phi) is 7.80. The fourth-order valence-electron chi connectivity index (χ4n) is 1.31. The SMILES string of the molecule is CCOCCS(=O)(=O)NCc1ccc(C#CCCO)s1. The van der Waals surface area contributed by atoms with Gasteiger partial charge in [-0.25, -0.2) is 13.1 Å². The van der Waals surface area contributed by atoms with Gasteiger partial charge in [-0.2, -0.15) is 0 Å². The Balaban J connectivity index is 2.44. The van der Waals surface area contributed by atoms with Gasteiger partial charge in [0.2, 0.25) is 10.0 Å². The summed E-state index contributed by atoms with van der Waals surface area (Å²) >= 11 is 1.44. The average molecular weight is 317 g/mol. The molecule has 112 valence electrons. The summed E-state index contributed by atoms with van der Waals surface area (Å²) in [5, 5.41) is 8.63. The Morgan fingerprint density at radius 2 is 2.25 bits per heavy atom. The third-order valence-corrected chi connectivity index (χ3v) is 4.57. The van der Waals surface area contributed by atoms with Gasteiger partial charge in [0.1, 0.15) is 0 Å². The second-order valence-corrected chi connectivity index (χ2v) is 6.97. The first-order valence-electron chi connectivity index (χ1n) is 6.31. The molecule has 7 heteroatoms. The predicted octanol–water partition coefficient (Wildman–Crippen LogP) is 0.938. The van der Waals surface area contributed by atoms with Crippen LogP contribution in [-0.2, 0) is 21.3 Å². The van der Waals surface area contributed by atoms with Crippen LogP contribution in [0.5, 0.6) is 0 Å². The van der Waals surface area contributed by atoms with E-state index in [1.54, 1.807) is 0 Å². The minimum atomic E-state index is -3.30. The van der Waals surface area contributed by atoms with Crippen LogP contribution in [0.25, 0.3) is 0 Å². The van der Waals surface area contributed by atoms with Gasteiger partial charge in [-0.3, -0.25) is 0 Å². The molecule has 0 amide bonds. The first kappa shape index (κ1) is 17.1. The molecule has 0 radical (unpaired) electrons. The molecule has 1 heterocycles. The van der Waals surface area contributed by atoms with E-state index in [0.717, 1.165) is 9.75 Å². The molecule has 1 aromatic heterocycles. The summed E-state index contributed by atoms with van der Waals surface area (Å²) in [7, 11) is -3.30. The van der Waals surface area contributed by atoms with Gasteiger partial charge in [-0.1, -0.05) is 11.8 Å². The molecule has 0 aliphatic rings. The molecule has 0 aliphatic carbocycles. The van der Waals surface area contributed by atoms with Crippen molar-refractivity contribution in [2.24, 2.45) is 0 Å². The quantitative estimate of drug-likeness (QED) is 0.553. The number of aliphatic hydroxyl groups is 1. The Bertz CT molecular complexity index is 554. The van der Waals surface area contributed by atoms with E-state index in [9.17, 15) is 8.42 Å². The first-order chi connectivity index (χ1) is 9.57. The number of rotatable bonds is 8. The van der Waals surface area contributed by atoms with Crippen LogP contribution in [0.2, 0.25) is 0 Å². The molecule has 0 aromatic carbocycles. The number of thiophene rings is 1. The van der Waals surface area contributed by atoms with Crippen LogP contribution in [0.3, 0.4) is 0 Å². The molecule has 0 saturated heterocycles. The highest BCUT2D eigenvalue weighted by atomic mass is 32.2. The highest BCUT2D eigenvalue weighted by molar-refractivity contribution is 7.89. The van der Waals surface area contributed by atoms with Crippen LogP contribution in [0.4, 0.5) is 0 Å². The van der Waals surface area contributed by atoms with E-state index in [-0.39, 0.29) is 25.5 Å². The van der Waals surface area contributed by atoms with Gasteiger partial charge in [0.15, 0.2) is 0 Å². The maximum Gasteiger partial charge on any atom is 0.214 e. The molecule has 0 aliphatic heterocycles. The summed E-state index contributed by atoms with van der Waals surface area (Å²) in [6.07, 6.45) is 0.442. The standard InChI is InChI=1S/C13H19NO4S2/c1-2-18-9-10-20(16,17)14-11-13-7-6-12(19-13)5-3-4-8-15/h6-7,14-15H,2,4,8-11H2,1H3. The average Bonchev–Trinajstić information content (AvgIpc) is 2.85. The molecule has 0 saturated carbocycles. The van der Waals surface area contributed by atoms with Gasteiger partial charge in [0.25, 0.3) is 0 Å². The molecular weight excluding hydrogens is 298 g/mol. The Labute approximate surface area is 124 Å². The van der Waals surface area contributed by atoms with Crippen LogP contribution in [0.15, 0.2) is 12.1 Å². The van der Waals surface area contributed by atoms with Crippen molar-refractivity contribution in [1.82, 2.24) is 4.72 Å². The smallest absolute Gasteiger partial charge is 0.214 e. The highest BCUT2D eigenvalue weighted by Gasteiger charge is 2.10. The normalized spacial score (nSPS) is 11.1. The van der Waals surface area contributed by atoms with Crippen molar-refractivity contribution in [3.63, 3.8) is 0 Å². The van der Waals surface area contributed by atoms with Gasteiger partial charge in [0, 0.05) is 24.4 Å². The Morgan fingerprint density at radius 3 is 2.95 bits per heavy atom. The predicted molar refractivity (Wildman–Crippen MR) is 80.0 cm³/mol. The minimum absolute atomic E-state index is 0.0324. The molecule has 20 heavy (non-hydrogen) atoms. The molecule has 1 aromatic rings. The molecule has 0 atom stereocenters. The van der Waals surface area contributed by atoms with Crippen LogP contribution in [0, 0.1) is 11.8 Å². The molecule has 5 nitrogen and oxygen atoms in total. The lowest BCUT2D eigenvalue weighted by molar-refractivity contribution is 0.163. The fourth-order valence-corrected chi connectivity index (χ4v) is 3.08. The van der Waals surface area contributed by atoms with Crippen molar-refractivity contribution < 1.29 is 18.3 Å². The van der Waals surface area contributed by atoms with E-state index in [2.05, 4.69) is 16.6 Å². The monoisotopic (exact) mass is 317 g/mol. The van der Waals surface area contributed by atoms with Crippen molar-refractivity contribution in [2.45, 2.75) is 19.9 Å². The van der Waals surface area contributed by atoms with E-state index in [4.69, 9.17) is 9.84 Å². The third-order valence-electron chi connectivity index (χ3n) is 2.28. The Hall–Kier alpha value is -0.910. The number of hydrogen-bond donors (Lipinski definition) is 2. The number of hydrogen-bond acceptors (Lipinski definition) is 5. The van der Waals surface area contributed by atoms with Crippen LogP contribution < -0.4 is 4.72 Å². The second kappa shape index (κ2) is 9.10. The summed E-state index contributed by atoms with van der Waals surface area (Å²) < 4.78 is 30.9. The number of nitrogens with one attached hydrogen (secondary N) is 1. The number of aliphatic hydroxyl groups excluding tert-OH is 1. The second-order valence-electron chi connectivity index (χ2n) is 3.88. The van der Waals surface area contributed by atoms with Gasteiger partial charge < -0.3 is 9.84 Å². The molecule has 1 rings (SSSR count). The van der Waals surface area contributed by atoms with Gasteiger partial charge >= 0.3 is 0 Å². The zero-order valence-electron chi connectivity index (χ0n) is 11.4. The van der Waals surface area contributed by atoms with E-state index in [1.165, 1.54) is 11.3 Å². The maximum atomic E-state index is 11.7. The van der Waals surface area contributed by atoms with Crippen molar-refractivity contribution in [2.75, 3.05) is 25.6 Å². The first-order valence-corrected chi connectivity index (χ1v) is 8.78. The van der Waals surface area contributed by atoms with E-state index in [1.807, 2.05) is 19.1 Å². The van der Waals surface area contributed by atoms with Crippen molar-refractivity contribution >= 4 is 21.4 Å². The highest BCUT2D eigenvalue weighted by Crippen LogP contribution is 2.15. The minimum Gasteiger partial charge on any atom is -0.395 e. The maximum absolute atomic E-state index is 11.7. The van der Waals surface area contributed by atoms with E-state index < -0.39 is 10.0 Å². The number of ether oxygens (including phenoxy) is 1. The topological polar surface area (TPSA) is 75.6 Å². The van der Waals surface area contributed by atoms with Crippen LogP contribution in [0.1, 0.15) is 23.1 Å². The molecule has 0 spiro atoms. The Morgan fingerprint density at radius 1 is 1.45 bits per heavy atom. The lowest BCUT2D eigenvalue weighted by Crippen LogP contribution is -2.27. The van der Waals surface area contributed by atoms with Crippen molar-refractivity contribution in [1.29, 1.82) is 0 Å². The molecule has 0 unspecified atom stereocenters. The van der Waals surface area contributed by atoms with Gasteiger partial charge in [-0.15, -0.1) is 11.3 Å². The van der Waals surface area contributed by atoms with Gasteiger partial charge in [-0.05, 0) is 19.1 Å². The molecule has 0 bridgehead atoms. The van der Waals surface area contributed by atoms with E-state index in [0.29, 0.717) is 13.0 Å². The van der Waals surface area contributed by atoms with Crippen molar-refractivity contribution in [3.8, 4) is 11.8 Å². The third kappa shape index (κ3) is 7.03. The van der Waals surface area contributed by atoms with Crippen LogP contribution >= 0.6 is 11.3 Å². The summed E-state index contributed by atoms with van der Waals surface area (Å²) in [6.45, 7) is 2.85. The largest absolute Gasteiger partial charge is 0.395 e.